The second-order valence-electron chi connectivity index (χ2n) is 6.63. The van der Waals surface area contributed by atoms with Crippen molar-refractivity contribution < 1.29 is 22.7 Å². The zero-order chi connectivity index (χ0) is 23.1. The van der Waals surface area contributed by atoms with E-state index in [0.717, 1.165) is 0 Å². The lowest BCUT2D eigenvalue weighted by atomic mass is 10.2. The summed E-state index contributed by atoms with van der Waals surface area (Å²) in [5.74, 6) is -0.767. The van der Waals surface area contributed by atoms with Gasteiger partial charge < -0.3 is 4.74 Å². The molecule has 0 aromatic heterocycles. The summed E-state index contributed by atoms with van der Waals surface area (Å²) in [7, 11) is -3.99. The standard InChI is InChI=1S/C22H20ClN3O5S/c1-15(31-17-9-3-2-4-10-17)21(27)24-25-22(28)16-8-7-11-18(14-16)32(29,30)26-20-13-6-5-12-19(20)23/h2-15,26H,1H3,(H,24,27)(H,25,28). The molecule has 1 unspecified atom stereocenters. The third kappa shape index (κ3) is 5.99. The zero-order valence-electron chi connectivity index (χ0n) is 16.9. The monoisotopic (exact) mass is 473 g/mol. The Kier molecular flexibility index (Phi) is 7.34. The van der Waals surface area contributed by atoms with Gasteiger partial charge in [-0.05, 0) is 49.4 Å². The topological polar surface area (TPSA) is 114 Å². The number of hydrogen-bond donors (Lipinski definition) is 3. The molecule has 3 N–H and O–H groups in total. The van der Waals surface area contributed by atoms with Crippen molar-refractivity contribution >= 4 is 39.1 Å². The van der Waals surface area contributed by atoms with Crippen LogP contribution in [0.2, 0.25) is 5.02 Å². The summed E-state index contributed by atoms with van der Waals surface area (Å²) in [5, 5.41) is 0.236. The lowest BCUT2D eigenvalue weighted by molar-refractivity contribution is -0.128. The van der Waals surface area contributed by atoms with Crippen LogP contribution in [-0.4, -0.2) is 26.3 Å². The van der Waals surface area contributed by atoms with Crippen LogP contribution in [0.1, 0.15) is 17.3 Å². The number of para-hydroxylation sites is 2. The van der Waals surface area contributed by atoms with Crippen molar-refractivity contribution in [3.8, 4) is 5.75 Å². The highest BCUT2D eigenvalue weighted by Crippen LogP contribution is 2.24. The third-order valence-corrected chi connectivity index (χ3v) is 5.94. The van der Waals surface area contributed by atoms with E-state index in [-0.39, 0.29) is 21.2 Å². The Morgan fingerprint density at radius 3 is 2.31 bits per heavy atom. The summed E-state index contributed by atoms with van der Waals surface area (Å²) in [6.45, 7) is 1.53. The first kappa shape index (κ1) is 23.1. The fraction of sp³-hybridized carbons (Fsp3) is 0.0909. The number of benzene rings is 3. The van der Waals surface area contributed by atoms with E-state index in [1.807, 2.05) is 6.07 Å². The van der Waals surface area contributed by atoms with Crippen LogP contribution < -0.4 is 20.3 Å². The van der Waals surface area contributed by atoms with Crippen LogP contribution in [0.4, 0.5) is 5.69 Å². The lowest BCUT2D eigenvalue weighted by Crippen LogP contribution is -2.47. The summed E-state index contributed by atoms with van der Waals surface area (Å²) in [6.07, 6.45) is -0.871. The van der Waals surface area contributed by atoms with Gasteiger partial charge in [0.2, 0.25) is 0 Å². The van der Waals surface area contributed by atoms with Gasteiger partial charge in [0.05, 0.1) is 15.6 Å². The number of hydrazine groups is 1. The van der Waals surface area contributed by atoms with Crippen LogP contribution in [0.5, 0.6) is 5.75 Å². The van der Waals surface area contributed by atoms with Crippen molar-refractivity contribution in [3.05, 3.63) is 89.4 Å². The van der Waals surface area contributed by atoms with Gasteiger partial charge in [-0.2, -0.15) is 0 Å². The fourth-order valence-corrected chi connectivity index (χ4v) is 3.97. The fourth-order valence-electron chi connectivity index (χ4n) is 2.60. The van der Waals surface area contributed by atoms with Gasteiger partial charge in [-0.15, -0.1) is 0 Å². The van der Waals surface area contributed by atoms with Crippen LogP contribution in [0.3, 0.4) is 0 Å². The van der Waals surface area contributed by atoms with Gasteiger partial charge in [-0.25, -0.2) is 8.42 Å². The highest BCUT2D eigenvalue weighted by Gasteiger charge is 2.19. The molecule has 166 valence electrons. The SMILES string of the molecule is CC(Oc1ccccc1)C(=O)NNC(=O)c1cccc(S(=O)(=O)Nc2ccccc2Cl)c1. The first-order chi connectivity index (χ1) is 15.3. The first-order valence-electron chi connectivity index (χ1n) is 9.45. The Hall–Kier alpha value is -3.56. The van der Waals surface area contributed by atoms with E-state index in [1.165, 1.54) is 37.3 Å². The minimum absolute atomic E-state index is 0.0314. The second-order valence-corrected chi connectivity index (χ2v) is 8.72. The van der Waals surface area contributed by atoms with Crippen molar-refractivity contribution in [3.63, 3.8) is 0 Å². The third-order valence-electron chi connectivity index (χ3n) is 4.25. The van der Waals surface area contributed by atoms with Crippen LogP contribution in [0, 0.1) is 0 Å². The number of rotatable bonds is 7. The molecule has 3 aromatic carbocycles. The van der Waals surface area contributed by atoms with Crippen molar-refractivity contribution in [2.45, 2.75) is 17.9 Å². The van der Waals surface area contributed by atoms with Crippen molar-refractivity contribution in [1.82, 2.24) is 10.9 Å². The maximum absolute atomic E-state index is 12.7. The second kappa shape index (κ2) is 10.2. The first-order valence-corrected chi connectivity index (χ1v) is 11.3. The number of hydrogen-bond acceptors (Lipinski definition) is 5. The van der Waals surface area contributed by atoms with Crippen LogP contribution >= 0.6 is 11.6 Å². The number of halogens is 1. The minimum Gasteiger partial charge on any atom is -0.481 e. The molecule has 0 spiro atoms. The summed E-state index contributed by atoms with van der Waals surface area (Å²) in [4.78, 5) is 24.5. The molecule has 0 aliphatic carbocycles. The Bertz CT molecular complexity index is 1220. The van der Waals surface area contributed by atoms with Crippen LogP contribution in [0.25, 0.3) is 0 Å². The van der Waals surface area contributed by atoms with E-state index in [1.54, 1.807) is 42.5 Å². The molecule has 0 bridgehead atoms. The molecule has 3 aromatic rings. The van der Waals surface area contributed by atoms with Gasteiger partial charge >= 0.3 is 0 Å². The van der Waals surface area contributed by atoms with Crippen molar-refractivity contribution in [1.29, 1.82) is 0 Å². The van der Waals surface area contributed by atoms with Gasteiger partial charge in [0, 0.05) is 5.56 Å². The summed E-state index contributed by atoms with van der Waals surface area (Å²) < 4.78 is 33.2. The average Bonchev–Trinajstić information content (AvgIpc) is 2.79. The molecule has 0 heterocycles. The maximum Gasteiger partial charge on any atom is 0.279 e. The molecule has 8 nitrogen and oxygen atoms in total. The van der Waals surface area contributed by atoms with E-state index >= 15 is 0 Å². The highest BCUT2D eigenvalue weighted by atomic mass is 35.5. The molecule has 0 saturated carbocycles. The molecule has 0 aliphatic rings. The number of amides is 2. The van der Waals surface area contributed by atoms with Crippen molar-refractivity contribution in [2.75, 3.05) is 4.72 Å². The lowest BCUT2D eigenvalue weighted by Gasteiger charge is -2.15. The van der Waals surface area contributed by atoms with Gasteiger partial charge in [-0.3, -0.25) is 25.2 Å². The zero-order valence-corrected chi connectivity index (χ0v) is 18.5. The molecule has 2 amide bonds. The highest BCUT2D eigenvalue weighted by molar-refractivity contribution is 7.92. The van der Waals surface area contributed by atoms with Gasteiger partial charge in [-0.1, -0.05) is 48.0 Å². The van der Waals surface area contributed by atoms with E-state index in [0.29, 0.717) is 5.75 Å². The molecule has 32 heavy (non-hydrogen) atoms. The van der Waals surface area contributed by atoms with Gasteiger partial charge in [0.1, 0.15) is 5.75 Å². The molecular weight excluding hydrogens is 454 g/mol. The predicted octanol–water partition coefficient (Wildman–Crippen LogP) is 3.37. The largest absolute Gasteiger partial charge is 0.481 e. The summed E-state index contributed by atoms with van der Waals surface area (Å²) in [5.41, 5.74) is 4.75. The Morgan fingerprint density at radius 1 is 0.906 bits per heavy atom. The Balaban J connectivity index is 1.63. The minimum atomic E-state index is -3.99. The average molecular weight is 474 g/mol. The Morgan fingerprint density at radius 2 is 1.59 bits per heavy atom. The number of sulfonamides is 1. The number of nitrogens with one attached hydrogen (secondary N) is 3. The Labute approximate surface area is 190 Å². The van der Waals surface area contributed by atoms with Gasteiger partial charge in [0.15, 0.2) is 6.10 Å². The molecule has 1 atom stereocenters. The summed E-state index contributed by atoms with van der Waals surface area (Å²) >= 11 is 6.01. The molecular formula is C22H20ClN3O5S. The molecule has 0 radical (unpaired) electrons. The van der Waals surface area contributed by atoms with Gasteiger partial charge in [0.25, 0.3) is 21.8 Å². The van der Waals surface area contributed by atoms with E-state index < -0.39 is 27.9 Å². The van der Waals surface area contributed by atoms with E-state index in [9.17, 15) is 18.0 Å². The molecule has 0 fully saturated rings. The normalized spacial score (nSPS) is 11.8. The molecule has 0 saturated heterocycles. The van der Waals surface area contributed by atoms with Crippen molar-refractivity contribution in [2.24, 2.45) is 0 Å². The number of ether oxygens (including phenoxy) is 1. The number of anilines is 1. The maximum atomic E-state index is 12.7. The van der Waals surface area contributed by atoms with Crippen LogP contribution in [-0.2, 0) is 14.8 Å². The van der Waals surface area contributed by atoms with E-state index in [4.69, 9.17) is 16.3 Å². The van der Waals surface area contributed by atoms with E-state index in [2.05, 4.69) is 15.6 Å². The number of carbonyl (C=O) groups is 2. The molecule has 0 aliphatic heterocycles. The van der Waals surface area contributed by atoms with Crippen LogP contribution in [0.15, 0.2) is 83.8 Å². The number of carbonyl (C=O) groups excluding carboxylic acids is 2. The quantitative estimate of drug-likeness (QED) is 0.455. The predicted molar refractivity (Wildman–Crippen MR) is 121 cm³/mol. The smallest absolute Gasteiger partial charge is 0.279 e. The molecule has 10 heteroatoms. The summed E-state index contributed by atoms with van der Waals surface area (Å²) in [6, 6.07) is 20.5. The molecule has 3 rings (SSSR count).